The molecule has 2 N–H and O–H groups in total. The summed E-state index contributed by atoms with van der Waals surface area (Å²) in [6.45, 7) is 11.0. The number of carboxylic acids is 1. The first-order valence-electron chi connectivity index (χ1n) is 20.2. The Labute approximate surface area is 319 Å². The van der Waals surface area contributed by atoms with Gasteiger partial charge in [0, 0.05) is 46.7 Å². The highest BCUT2D eigenvalue weighted by Crippen LogP contribution is 2.58. The van der Waals surface area contributed by atoms with Crippen molar-refractivity contribution in [2.75, 3.05) is 38.2 Å². The van der Waals surface area contributed by atoms with Crippen molar-refractivity contribution in [1.82, 2.24) is 9.88 Å². The van der Waals surface area contributed by atoms with E-state index in [2.05, 4.69) is 48.1 Å². The highest BCUT2D eigenvalue weighted by atomic mass is 35.5. The molecule has 1 aromatic heterocycles. The Hall–Kier alpha value is -3.49. The van der Waals surface area contributed by atoms with Crippen molar-refractivity contribution in [2.45, 2.75) is 114 Å². The first-order chi connectivity index (χ1) is 25.6. The second-order valence-corrected chi connectivity index (χ2v) is 17.6. The number of nitrogens with zero attached hydrogens (tertiary/aromatic N) is 2. The number of nitrogens with one attached hydrogen (secondary N) is 1. The SMILES string of the molecule is C[C@@H](COc1ccnc2c1[C@H](C)CCC2)C[C@H]1Cc2cc3c(cc2C12CCC(Nc1cccc(Cl)c1)(C(=O)O)CC2)OCC(CN1CCC[C@H]1C)CO3. The Morgan fingerprint density at radius 3 is 2.60 bits per heavy atom. The number of aromatic nitrogens is 1. The minimum absolute atomic E-state index is 0.169. The summed E-state index contributed by atoms with van der Waals surface area (Å²) in [5.74, 6) is 3.29. The van der Waals surface area contributed by atoms with Gasteiger partial charge >= 0.3 is 5.97 Å². The van der Waals surface area contributed by atoms with Gasteiger partial charge in [-0.25, -0.2) is 4.79 Å². The minimum atomic E-state index is -1.07. The van der Waals surface area contributed by atoms with Crippen LogP contribution in [0.5, 0.6) is 17.2 Å². The van der Waals surface area contributed by atoms with E-state index in [1.54, 1.807) is 0 Å². The Balaban J connectivity index is 1.04. The summed E-state index contributed by atoms with van der Waals surface area (Å²) in [6.07, 6.45) is 12.3. The second-order valence-electron chi connectivity index (χ2n) is 17.1. The Morgan fingerprint density at radius 2 is 1.87 bits per heavy atom. The maximum absolute atomic E-state index is 13.1. The number of hydrogen-bond donors (Lipinski definition) is 2. The van der Waals surface area contributed by atoms with Crippen LogP contribution in [0.4, 0.5) is 5.69 Å². The van der Waals surface area contributed by atoms with Crippen molar-refractivity contribution < 1.29 is 24.1 Å². The summed E-state index contributed by atoms with van der Waals surface area (Å²) in [4.78, 5) is 20.3. The zero-order chi connectivity index (χ0) is 36.7. The van der Waals surface area contributed by atoms with Crippen LogP contribution in [0.3, 0.4) is 0 Å². The predicted octanol–water partition coefficient (Wildman–Crippen LogP) is 9.07. The summed E-state index contributed by atoms with van der Waals surface area (Å²) < 4.78 is 19.7. The molecule has 284 valence electrons. The zero-order valence-electron chi connectivity index (χ0n) is 31.7. The van der Waals surface area contributed by atoms with Gasteiger partial charge in [0.05, 0.1) is 19.8 Å². The third-order valence-corrected chi connectivity index (χ3v) is 13.7. The molecule has 8 nitrogen and oxygen atoms in total. The van der Waals surface area contributed by atoms with E-state index in [-0.39, 0.29) is 5.41 Å². The highest BCUT2D eigenvalue weighted by Gasteiger charge is 2.54. The molecular weight excluding hydrogens is 686 g/mol. The number of hydrogen-bond acceptors (Lipinski definition) is 7. The molecule has 3 heterocycles. The third-order valence-electron chi connectivity index (χ3n) is 13.5. The van der Waals surface area contributed by atoms with E-state index in [1.807, 2.05) is 36.5 Å². The van der Waals surface area contributed by atoms with Crippen molar-refractivity contribution in [1.29, 1.82) is 0 Å². The third kappa shape index (κ3) is 7.23. The lowest BCUT2D eigenvalue weighted by Crippen LogP contribution is -2.53. The summed E-state index contributed by atoms with van der Waals surface area (Å²) >= 11 is 6.32. The van der Waals surface area contributed by atoms with Gasteiger partial charge in [-0.1, -0.05) is 31.5 Å². The van der Waals surface area contributed by atoms with Crippen molar-refractivity contribution in [3.63, 3.8) is 0 Å². The lowest BCUT2D eigenvalue weighted by molar-refractivity contribution is -0.144. The molecule has 5 aliphatic rings. The number of aliphatic carboxylic acids is 1. The molecule has 8 rings (SSSR count). The van der Waals surface area contributed by atoms with E-state index < -0.39 is 11.5 Å². The standard InChI is InChI=1S/C44H56ClN3O5/c1-28(25-51-38-12-17-46-37-11-4-7-29(2)41(37)38)19-33-20-32-21-39-40(53-27-31(26-52-39)24-48-18-6-8-30(48)3)23-36(32)43(33)13-15-44(16-14-43,42(49)50)47-35-10-5-9-34(45)22-35/h5,9-10,12,17,21-23,28-31,33,47H,4,6-8,11,13-16,18-20,24-27H2,1-3H3,(H,49,50)/t28-,29-,30-,31?,33+,43?,44?/m1/s1. The number of ether oxygens (including phenoxy) is 3. The number of halogens is 1. The van der Waals surface area contributed by atoms with Crippen molar-refractivity contribution in [3.05, 3.63) is 76.1 Å². The summed E-state index contributed by atoms with van der Waals surface area (Å²) in [5.41, 5.74) is 4.63. The summed E-state index contributed by atoms with van der Waals surface area (Å²) in [5, 5.41) is 14.7. The number of fused-ring (bicyclic) bond motifs is 4. The van der Waals surface area contributed by atoms with E-state index in [0.717, 1.165) is 68.1 Å². The molecule has 3 aromatic rings. The number of carbonyl (C=O) groups is 1. The van der Waals surface area contributed by atoms with Gasteiger partial charge in [-0.3, -0.25) is 4.98 Å². The molecule has 3 aliphatic carbocycles. The first kappa shape index (κ1) is 36.5. The van der Waals surface area contributed by atoms with E-state index in [4.69, 9.17) is 25.8 Å². The molecular formula is C44H56ClN3O5. The van der Waals surface area contributed by atoms with Crippen LogP contribution in [-0.2, 0) is 23.1 Å². The summed E-state index contributed by atoms with van der Waals surface area (Å²) in [6, 6.07) is 14.6. The van der Waals surface area contributed by atoms with Gasteiger partial charge < -0.3 is 29.5 Å². The number of likely N-dealkylation sites (tertiary alicyclic amines) is 1. The molecule has 1 saturated carbocycles. The largest absolute Gasteiger partial charge is 0.493 e. The lowest BCUT2D eigenvalue weighted by Gasteiger charge is -2.47. The monoisotopic (exact) mass is 741 g/mol. The average molecular weight is 742 g/mol. The smallest absolute Gasteiger partial charge is 0.329 e. The quantitative estimate of drug-likeness (QED) is 0.213. The molecule has 2 aliphatic heterocycles. The molecule has 1 spiro atoms. The van der Waals surface area contributed by atoms with Crippen LogP contribution >= 0.6 is 11.6 Å². The van der Waals surface area contributed by atoms with Crippen LogP contribution in [0.25, 0.3) is 0 Å². The van der Waals surface area contributed by atoms with E-state index in [9.17, 15) is 9.90 Å². The highest BCUT2D eigenvalue weighted by molar-refractivity contribution is 6.30. The number of anilines is 1. The summed E-state index contributed by atoms with van der Waals surface area (Å²) in [7, 11) is 0. The normalized spacial score (nSPS) is 30.0. The molecule has 2 fully saturated rings. The molecule has 0 amide bonds. The number of benzene rings is 2. The van der Waals surface area contributed by atoms with Crippen LogP contribution in [0.1, 0.15) is 107 Å². The number of rotatable bonds is 10. The van der Waals surface area contributed by atoms with E-state index in [1.165, 1.54) is 48.1 Å². The molecule has 1 saturated heterocycles. The first-order valence-corrected chi connectivity index (χ1v) is 20.5. The Morgan fingerprint density at radius 1 is 1.08 bits per heavy atom. The maximum Gasteiger partial charge on any atom is 0.329 e. The zero-order valence-corrected chi connectivity index (χ0v) is 32.4. The van der Waals surface area contributed by atoms with Crippen LogP contribution in [0.2, 0.25) is 5.02 Å². The number of aryl methyl sites for hydroxylation is 1. The van der Waals surface area contributed by atoms with Crippen LogP contribution in [0, 0.1) is 17.8 Å². The maximum atomic E-state index is 13.1. The fraction of sp³-hybridized carbons (Fsp3) is 0.591. The van der Waals surface area contributed by atoms with E-state index in [0.29, 0.717) is 67.4 Å². The Bertz CT molecular complexity index is 1810. The number of pyridine rings is 1. The van der Waals surface area contributed by atoms with Gasteiger partial charge in [0.2, 0.25) is 0 Å². The van der Waals surface area contributed by atoms with Crippen molar-refractivity contribution in [2.24, 2.45) is 17.8 Å². The topological polar surface area (TPSA) is 93.2 Å². The fourth-order valence-corrected chi connectivity index (χ4v) is 10.7. The van der Waals surface area contributed by atoms with E-state index >= 15 is 0 Å². The lowest BCUT2D eigenvalue weighted by atomic mass is 9.59. The Kier molecular flexibility index (Phi) is 10.3. The van der Waals surface area contributed by atoms with Crippen molar-refractivity contribution >= 4 is 23.3 Å². The molecule has 0 radical (unpaired) electrons. The van der Waals surface area contributed by atoms with Crippen molar-refractivity contribution in [3.8, 4) is 17.2 Å². The second kappa shape index (κ2) is 15.0. The predicted molar refractivity (Wildman–Crippen MR) is 209 cm³/mol. The van der Waals surface area contributed by atoms with Crippen LogP contribution < -0.4 is 19.5 Å². The molecule has 53 heavy (non-hydrogen) atoms. The van der Waals surface area contributed by atoms with Gasteiger partial charge in [0.15, 0.2) is 11.5 Å². The average Bonchev–Trinajstić information content (AvgIpc) is 3.59. The molecule has 5 atom stereocenters. The van der Waals surface area contributed by atoms with Crippen LogP contribution in [-0.4, -0.2) is 65.5 Å². The molecule has 0 bridgehead atoms. The van der Waals surface area contributed by atoms with Gasteiger partial charge in [0.25, 0.3) is 0 Å². The van der Waals surface area contributed by atoms with Gasteiger partial charge in [-0.05, 0) is 155 Å². The van der Waals surface area contributed by atoms with Gasteiger partial charge in [0.1, 0.15) is 11.3 Å². The molecule has 2 aromatic carbocycles. The minimum Gasteiger partial charge on any atom is -0.493 e. The van der Waals surface area contributed by atoms with Gasteiger partial charge in [-0.2, -0.15) is 0 Å². The fourth-order valence-electron chi connectivity index (χ4n) is 10.5. The molecule has 1 unspecified atom stereocenters. The van der Waals surface area contributed by atoms with Gasteiger partial charge in [-0.15, -0.1) is 0 Å². The number of carboxylic acid groups (broad SMARTS) is 1. The molecule has 9 heteroatoms. The van der Waals surface area contributed by atoms with Crippen LogP contribution in [0.15, 0.2) is 48.7 Å².